The summed E-state index contributed by atoms with van der Waals surface area (Å²) in [6.07, 6.45) is 0.913. The first-order valence-electron chi connectivity index (χ1n) is 6.96. The quantitative estimate of drug-likeness (QED) is 0.778. The van der Waals surface area contributed by atoms with Crippen molar-refractivity contribution in [3.8, 4) is 0 Å². The van der Waals surface area contributed by atoms with Crippen LogP contribution in [0.15, 0.2) is 0 Å². The smallest absolute Gasteiger partial charge is 0.154 e. The molecule has 0 fully saturated rings. The highest BCUT2D eigenvalue weighted by molar-refractivity contribution is 7.92. The highest BCUT2D eigenvalue weighted by atomic mass is 32.2. The van der Waals surface area contributed by atoms with Gasteiger partial charge in [0.1, 0.15) is 0 Å². The van der Waals surface area contributed by atoms with Crippen molar-refractivity contribution in [1.29, 1.82) is 0 Å². The molecule has 0 amide bonds. The Labute approximate surface area is 114 Å². The van der Waals surface area contributed by atoms with Gasteiger partial charge in [-0.1, -0.05) is 34.1 Å². The molecule has 0 aromatic heterocycles. The van der Waals surface area contributed by atoms with Gasteiger partial charge in [-0.25, -0.2) is 8.42 Å². The van der Waals surface area contributed by atoms with Crippen LogP contribution >= 0.6 is 0 Å². The Hall–Kier alpha value is -0.0900. The zero-order valence-corrected chi connectivity index (χ0v) is 13.9. The van der Waals surface area contributed by atoms with Gasteiger partial charge in [-0.15, -0.1) is 0 Å². The molecule has 2 atom stereocenters. The molecule has 0 aliphatic rings. The van der Waals surface area contributed by atoms with Gasteiger partial charge < -0.3 is 5.32 Å². The number of rotatable bonds is 7. The largest absolute Gasteiger partial charge is 0.311 e. The maximum absolute atomic E-state index is 12.4. The molecule has 0 aliphatic heterocycles. The topological polar surface area (TPSA) is 46.2 Å². The maximum Gasteiger partial charge on any atom is 0.154 e. The molecule has 0 bridgehead atoms. The number of sulfone groups is 1. The standard InChI is InChI=1S/C14H31NO2S/c1-8-12(4)10-18(16,17)13(11(2)3)9-15-14(5,6)7/h11-13,15H,8-10H2,1-7H3. The van der Waals surface area contributed by atoms with Crippen molar-refractivity contribution < 1.29 is 8.42 Å². The first-order valence-corrected chi connectivity index (χ1v) is 8.67. The monoisotopic (exact) mass is 277 g/mol. The number of nitrogens with one attached hydrogen (secondary N) is 1. The van der Waals surface area contributed by atoms with E-state index in [0.717, 1.165) is 6.42 Å². The molecule has 0 rings (SSSR count). The fourth-order valence-electron chi connectivity index (χ4n) is 1.82. The molecule has 0 saturated carbocycles. The van der Waals surface area contributed by atoms with Gasteiger partial charge in [-0.3, -0.25) is 0 Å². The summed E-state index contributed by atoms with van der Waals surface area (Å²) in [5, 5.41) is 3.04. The van der Waals surface area contributed by atoms with E-state index in [4.69, 9.17) is 0 Å². The van der Waals surface area contributed by atoms with Gasteiger partial charge in [-0.05, 0) is 32.6 Å². The van der Waals surface area contributed by atoms with E-state index in [1.54, 1.807) is 0 Å². The second kappa shape index (κ2) is 6.90. The molecule has 3 nitrogen and oxygen atoms in total. The summed E-state index contributed by atoms with van der Waals surface area (Å²) in [4.78, 5) is 0. The summed E-state index contributed by atoms with van der Waals surface area (Å²) in [5.74, 6) is 0.692. The molecular formula is C14H31NO2S. The van der Waals surface area contributed by atoms with Crippen LogP contribution in [-0.2, 0) is 9.84 Å². The van der Waals surface area contributed by atoms with Crippen LogP contribution in [0.2, 0.25) is 0 Å². The lowest BCUT2D eigenvalue weighted by molar-refractivity contribution is 0.398. The first kappa shape index (κ1) is 17.9. The molecule has 110 valence electrons. The molecule has 0 spiro atoms. The Morgan fingerprint density at radius 3 is 1.94 bits per heavy atom. The Bertz CT molecular complexity index is 328. The third-order valence-electron chi connectivity index (χ3n) is 3.25. The Morgan fingerprint density at radius 1 is 1.11 bits per heavy atom. The third kappa shape index (κ3) is 6.74. The van der Waals surface area contributed by atoms with Crippen molar-refractivity contribution in [2.24, 2.45) is 11.8 Å². The number of hydrogen-bond donors (Lipinski definition) is 1. The number of hydrogen-bond acceptors (Lipinski definition) is 3. The minimum atomic E-state index is -3.02. The van der Waals surface area contributed by atoms with E-state index < -0.39 is 9.84 Å². The van der Waals surface area contributed by atoms with E-state index in [2.05, 4.69) is 26.1 Å². The molecule has 4 heteroatoms. The minimum Gasteiger partial charge on any atom is -0.311 e. The van der Waals surface area contributed by atoms with E-state index in [1.807, 2.05) is 27.7 Å². The van der Waals surface area contributed by atoms with Gasteiger partial charge in [0, 0.05) is 12.1 Å². The Balaban J connectivity index is 4.78. The highest BCUT2D eigenvalue weighted by Gasteiger charge is 2.30. The van der Waals surface area contributed by atoms with E-state index >= 15 is 0 Å². The molecule has 0 radical (unpaired) electrons. The minimum absolute atomic E-state index is 0.0426. The van der Waals surface area contributed by atoms with Gasteiger partial charge >= 0.3 is 0 Å². The van der Waals surface area contributed by atoms with Gasteiger partial charge in [-0.2, -0.15) is 0 Å². The summed E-state index contributed by atoms with van der Waals surface area (Å²) in [7, 11) is -3.02. The zero-order valence-electron chi connectivity index (χ0n) is 13.1. The van der Waals surface area contributed by atoms with Crippen molar-refractivity contribution in [3.63, 3.8) is 0 Å². The summed E-state index contributed by atoms with van der Waals surface area (Å²) < 4.78 is 24.8. The third-order valence-corrected chi connectivity index (χ3v) is 5.92. The van der Waals surface area contributed by atoms with Gasteiger partial charge in [0.05, 0.1) is 11.0 Å². The van der Waals surface area contributed by atoms with Crippen LogP contribution < -0.4 is 5.32 Å². The molecule has 0 heterocycles. The van der Waals surface area contributed by atoms with Crippen LogP contribution in [0.1, 0.15) is 54.9 Å². The Kier molecular flexibility index (Phi) is 6.86. The van der Waals surface area contributed by atoms with Crippen LogP contribution in [-0.4, -0.2) is 31.5 Å². The fraction of sp³-hybridized carbons (Fsp3) is 1.00. The van der Waals surface area contributed by atoms with Crippen LogP contribution in [0.4, 0.5) is 0 Å². The fourth-order valence-corrected chi connectivity index (χ4v) is 4.26. The van der Waals surface area contributed by atoms with Crippen molar-refractivity contribution >= 4 is 9.84 Å². The second-order valence-corrected chi connectivity index (χ2v) is 9.02. The maximum atomic E-state index is 12.4. The van der Waals surface area contributed by atoms with Crippen LogP contribution in [0, 0.1) is 11.8 Å². The van der Waals surface area contributed by atoms with E-state index in [9.17, 15) is 8.42 Å². The lowest BCUT2D eigenvalue weighted by atomic mass is 10.1. The lowest BCUT2D eigenvalue weighted by Crippen LogP contribution is -2.46. The lowest BCUT2D eigenvalue weighted by Gasteiger charge is -2.28. The van der Waals surface area contributed by atoms with Crippen molar-refractivity contribution in [3.05, 3.63) is 0 Å². The van der Waals surface area contributed by atoms with Gasteiger partial charge in [0.2, 0.25) is 0 Å². The summed E-state index contributed by atoms with van der Waals surface area (Å²) >= 11 is 0. The van der Waals surface area contributed by atoms with Crippen molar-refractivity contribution in [1.82, 2.24) is 5.32 Å². The molecule has 1 N–H and O–H groups in total. The highest BCUT2D eigenvalue weighted by Crippen LogP contribution is 2.17. The van der Waals surface area contributed by atoms with Gasteiger partial charge in [0.25, 0.3) is 0 Å². The summed E-state index contributed by atoms with van der Waals surface area (Å²) in [6, 6.07) is 0. The zero-order chi connectivity index (χ0) is 14.6. The second-order valence-electron chi connectivity index (χ2n) is 6.76. The predicted octanol–water partition coefficient (Wildman–Crippen LogP) is 2.86. The van der Waals surface area contributed by atoms with Crippen molar-refractivity contribution in [2.45, 2.75) is 65.7 Å². The van der Waals surface area contributed by atoms with Crippen LogP contribution in [0.25, 0.3) is 0 Å². The molecule has 0 aromatic carbocycles. The van der Waals surface area contributed by atoms with Crippen LogP contribution in [0.5, 0.6) is 0 Å². The average Bonchev–Trinajstić information content (AvgIpc) is 2.13. The normalized spacial score (nSPS) is 16.9. The van der Waals surface area contributed by atoms with E-state index in [0.29, 0.717) is 12.3 Å². The molecule has 2 unspecified atom stereocenters. The van der Waals surface area contributed by atoms with E-state index in [-0.39, 0.29) is 22.6 Å². The molecular weight excluding hydrogens is 246 g/mol. The molecule has 18 heavy (non-hydrogen) atoms. The first-order chi connectivity index (χ1) is 7.99. The summed E-state index contributed by atoms with van der Waals surface area (Å²) in [6.45, 7) is 14.7. The Morgan fingerprint density at radius 2 is 1.61 bits per heavy atom. The molecule has 0 aliphatic carbocycles. The predicted molar refractivity (Wildman–Crippen MR) is 79.6 cm³/mol. The molecule has 0 saturated heterocycles. The summed E-state index contributed by atoms with van der Waals surface area (Å²) in [5.41, 5.74) is -0.0426. The van der Waals surface area contributed by atoms with E-state index in [1.165, 1.54) is 0 Å². The van der Waals surface area contributed by atoms with Crippen molar-refractivity contribution in [2.75, 3.05) is 12.3 Å². The average molecular weight is 277 g/mol. The SMILES string of the molecule is CCC(C)CS(=O)(=O)C(CNC(C)(C)C)C(C)C. The molecule has 0 aromatic rings. The van der Waals surface area contributed by atoms with Gasteiger partial charge in [0.15, 0.2) is 9.84 Å². The van der Waals surface area contributed by atoms with Crippen LogP contribution in [0.3, 0.4) is 0 Å².